The van der Waals surface area contributed by atoms with Crippen molar-refractivity contribution in [3.8, 4) is 0 Å². The summed E-state index contributed by atoms with van der Waals surface area (Å²) in [6, 6.07) is 18.8. The first kappa shape index (κ1) is 33.6. The number of pyridine rings is 1. The Bertz CT molecular complexity index is 1470. The summed E-state index contributed by atoms with van der Waals surface area (Å²) in [5, 5.41) is 7.00. The lowest BCUT2D eigenvalue weighted by molar-refractivity contribution is -0.130. The average Bonchev–Trinajstić information content (AvgIpc) is 3.56. The number of halogens is 1. The number of nitrogens with one attached hydrogen (secondary N) is 2. The normalized spacial score (nSPS) is 19.7. The van der Waals surface area contributed by atoms with Gasteiger partial charge in [0.2, 0.25) is 11.8 Å². The molecular weight excluding hydrogens is 596 g/mol. The molecule has 2 aromatic carbocycles. The van der Waals surface area contributed by atoms with Crippen LogP contribution >= 0.6 is 11.6 Å². The van der Waals surface area contributed by atoms with Gasteiger partial charge >= 0.3 is 0 Å². The first-order valence-corrected chi connectivity index (χ1v) is 17.3. The quantitative estimate of drug-likeness (QED) is 0.160. The maximum atomic E-state index is 13.6. The van der Waals surface area contributed by atoms with E-state index < -0.39 is 23.8 Å². The third-order valence-electron chi connectivity index (χ3n) is 9.83. The number of ketones is 1. The van der Waals surface area contributed by atoms with Gasteiger partial charge in [-0.25, -0.2) is 4.98 Å². The smallest absolute Gasteiger partial charge is 0.240 e. The molecule has 3 aromatic rings. The predicted octanol–water partition coefficient (Wildman–Crippen LogP) is 7.28. The standard InChI is InChI=1S/C38H47ClN4O3/c1-25(22-29-17-18-30(39)24-33(29)27-8-3-2-4-9-27)23-34(37(40)45)43-38(46)32-11-7-10-31(32)36(44)28-15-13-26(14-16-28)19-21-42-35-12-5-6-20-41-35/h5-6,12-18,20,24-25,27,31-32,34H,2-4,7-11,19,21-23H2,1H3,(H2,40,45)(H,41,42)(H,43,46)/t25?,31-,32-,34+/m1/s1. The first-order chi connectivity index (χ1) is 22.3. The van der Waals surface area contributed by atoms with E-state index in [0.717, 1.165) is 42.2 Å². The van der Waals surface area contributed by atoms with Crippen LogP contribution in [0.25, 0.3) is 0 Å². The molecule has 2 aliphatic carbocycles. The van der Waals surface area contributed by atoms with E-state index >= 15 is 0 Å². The Hall–Kier alpha value is -3.71. The molecule has 0 radical (unpaired) electrons. The van der Waals surface area contributed by atoms with E-state index in [1.165, 1.54) is 43.2 Å². The fraction of sp³-hybridized carbons (Fsp3) is 0.474. The lowest BCUT2D eigenvalue weighted by Gasteiger charge is -2.27. The molecule has 2 saturated carbocycles. The Morgan fingerprint density at radius 2 is 1.70 bits per heavy atom. The molecule has 0 saturated heterocycles. The number of benzene rings is 2. The van der Waals surface area contributed by atoms with Crippen LogP contribution in [-0.2, 0) is 22.4 Å². The number of carbonyl (C=O) groups excluding carboxylic acids is 3. The average molecular weight is 643 g/mol. The van der Waals surface area contributed by atoms with Gasteiger partial charge in [-0.3, -0.25) is 14.4 Å². The molecule has 2 fully saturated rings. The summed E-state index contributed by atoms with van der Waals surface area (Å²) in [7, 11) is 0. The van der Waals surface area contributed by atoms with Gasteiger partial charge in [-0.15, -0.1) is 0 Å². The van der Waals surface area contributed by atoms with Crippen molar-refractivity contribution in [2.75, 3.05) is 11.9 Å². The fourth-order valence-corrected chi connectivity index (χ4v) is 7.55. The lowest BCUT2D eigenvalue weighted by Crippen LogP contribution is -2.48. The van der Waals surface area contributed by atoms with E-state index in [-0.39, 0.29) is 17.6 Å². The maximum absolute atomic E-state index is 13.6. The number of hydrogen-bond donors (Lipinski definition) is 3. The number of amides is 2. The van der Waals surface area contributed by atoms with Gasteiger partial charge < -0.3 is 16.4 Å². The summed E-state index contributed by atoms with van der Waals surface area (Å²) in [5.74, 6) is -0.230. The molecule has 0 bridgehead atoms. The molecule has 244 valence electrons. The van der Waals surface area contributed by atoms with Gasteiger partial charge in [-0.05, 0) is 97.7 Å². The van der Waals surface area contributed by atoms with Crippen LogP contribution in [0.3, 0.4) is 0 Å². The minimum atomic E-state index is -0.789. The van der Waals surface area contributed by atoms with Gasteiger partial charge in [0.25, 0.3) is 0 Å². The molecule has 0 spiro atoms. The number of rotatable bonds is 14. The molecule has 1 unspecified atom stereocenters. The van der Waals surface area contributed by atoms with E-state index in [2.05, 4.69) is 34.7 Å². The van der Waals surface area contributed by atoms with Crippen molar-refractivity contribution in [2.45, 2.75) is 89.5 Å². The van der Waals surface area contributed by atoms with Crippen molar-refractivity contribution in [3.63, 3.8) is 0 Å². The number of primary amides is 1. The van der Waals surface area contributed by atoms with Crippen LogP contribution in [0.4, 0.5) is 5.82 Å². The fourth-order valence-electron chi connectivity index (χ4n) is 7.37. The topological polar surface area (TPSA) is 114 Å². The van der Waals surface area contributed by atoms with E-state index in [1.54, 1.807) is 6.20 Å². The zero-order valence-corrected chi connectivity index (χ0v) is 27.6. The van der Waals surface area contributed by atoms with Crippen LogP contribution < -0.4 is 16.4 Å². The predicted molar refractivity (Wildman–Crippen MR) is 184 cm³/mol. The number of Topliss-reactive ketones (excluding diaryl/α,β-unsaturated/α-hetero) is 1. The molecule has 5 rings (SSSR count). The number of nitrogens with zero attached hydrogens (tertiary/aromatic N) is 1. The lowest BCUT2D eigenvalue weighted by atomic mass is 9.80. The van der Waals surface area contributed by atoms with Crippen LogP contribution in [-0.4, -0.2) is 35.2 Å². The van der Waals surface area contributed by atoms with Crippen molar-refractivity contribution >= 4 is 35.0 Å². The van der Waals surface area contributed by atoms with Gasteiger partial charge in [0.05, 0.1) is 0 Å². The molecule has 7 nitrogen and oxygen atoms in total. The Morgan fingerprint density at radius 1 is 0.935 bits per heavy atom. The molecule has 2 aliphatic rings. The van der Waals surface area contributed by atoms with Crippen LogP contribution in [0.1, 0.15) is 97.7 Å². The van der Waals surface area contributed by atoms with Crippen LogP contribution in [0, 0.1) is 17.8 Å². The number of hydrogen-bond acceptors (Lipinski definition) is 5. The van der Waals surface area contributed by atoms with Crippen molar-refractivity contribution in [2.24, 2.45) is 23.5 Å². The number of carbonyl (C=O) groups is 3. The molecule has 0 aliphatic heterocycles. The largest absolute Gasteiger partial charge is 0.370 e. The van der Waals surface area contributed by atoms with Gasteiger partial charge in [0, 0.05) is 35.2 Å². The van der Waals surface area contributed by atoms with Crippen molar-refractivity contribution < 1.29 is 14.4 Å². The van der Waals surface area contributed by atoms with Crippen molar-refractivity contribution in [3.05, 3.63) is 94.1 Å². The highest BCUT2D eigenvalue weighted by atomic mass is 35.5. The summed E-state index contributed by atoms with van der Waals surface area (Å²) in [6.45, 7) is 2.83. The number of anilines is 1. The SMILES string of the molecule is CC(Cc1ccc(Cl)cc1C1CCCCC1)C[C@H](NC(=O)[C@@H]1CCC[C@H]1C(=O)c1ccc(CCNc2ccccn2)cc1)C(N)=O. The van der Waals surface area contributed by atoms with Crippen molar-refractivity contribution in [1.29, 1.82) is 0 Å². The van der Waals surface area contributed by atoms with Gasteiger partial charge in [-0.2, -0.15) is 0 Å². The molecule has 1 heterocycles. The Morgan fingerprint density at radius 3 is 2.41 bits per heavy atom. The third-order valence-corrected chi connectivity index (χ3v) is 10.1. The van der Waals surface area contributed by atoms with Gasteiger partial charge in [0.15, 0.2) is 5.78 Å². The monoisotopic (exact) mass is 642 g/mol. The van der Waals surface area contributed by atoms with Gasteiger partial charge in [-0.1, -0.05) is 80.6 Å². The van der Waals surface area contributed by atoms with E-state index in [1.807, 2.05) is 48.5 Å². The van der Waals surface area contributed by atoms with E-state index in [9.17, 15) is 14.4 Å². The molecule has 2 amide bonds. The van der Waals surface area contributed by atoms with E-state index in [4.69, 9.17) is 17.3 Å². The molecule has 46 heavy (non-hydrogen) atoms. The highest BCUT2D eigenvalue weighted by Gasteiger charge is 2.39. The molecule has 4 N–H and O–H groups in total. The maximum Gasteiger partial charge on any atom is 0.240 e. The summed E-state index contributed by atoms with van der Waals surface area (Å²) >= 11 is 6.40. The van der Waals surface area contributed by atoms with Crippen LogP contribution in [0.5, 0.6) is 0 Å². The second-order valence-electron chi connectivity index (χ2n) is 13.3. The summed E-state index contributed by atoms with van der Waals surface area (Å²) in [5.41, 5.74) is 10.1. The van der Waals surface area contributed by atoms with E-state index in [0.29, 0.717) is 30.7 Å². The summed E-state index contributed by atoms with van der Waals surface area (Å²) in [4.78, 5) is 43.9. The third kappa shape index (κ3) is 8.97. The second-order valence-corrected chi connectivity index (χ2v) is 13.7. The number of nitrogens with two attached hydrogens (primary N) is 1. The minimum absolute atomic E-state index is 0.0159. The highest BCUT2D eigenvalue weighted by molar-refractivity contribution is 6.30. The first-order valence-electron chi connectivity index (χ1n) is 16.9. The molecule has 1 aromatic heterocycles. The molecule has 8 heteroatoms. The Balaban J connectivity index is 1.16. The Kier molecular flexibility index (Phi) is 11.9. The molecular formula is C38H47ClN4O3. The van der Waals surface area contributed by atoms with Crippen LogP contribution in [0.15, 0.2) is 66.9 Å². The van der Waals surface area contributed by atoms with Crippen molar-refractivity contribution in [1.82, 2.24) is 10.3 Å². The van der Waals surface area contributed by atoms with Gasteiger partial charge in [0.1, 0.15) is 11.9 Å². The second kappa shape index (κ2) is 16.2. The zero-order chi connectivity index (χ0) is 32.5. The summed E-state index contributed by atoms with van der Waals surface area (Å²) < 4.78 is 0. The minimum Gasteiger partial charge on any atom is -0.370 e. The van der Waals surface area contributed by atoms with Crippen LogP contribution in [0.2, 0.25) is 5.02 Å². The molecule has 4 atom stereocenters. The highest BCUT2D eigenvalue weighted by Crippen LogP contribution is 2.37. The number of aromatic nitrogens is 1. The Labute approximate surface area is 278 Å². The zero-order valence-electron chi connectivity index (χ0n) is 26.9. The summed E-state index contributed by atoms with van der Waals surface area (Å²) in [6.07, 6.45) is 12.0.